The summed E-state index contributed by atoms with van der Waals surface area (Å²) in [6.07, 6.45) is 2.95. The summed E-state index contributed by atoms with van der Waals surface area (Å²) in [6.45, 7) is 5.45. The molecule has 1 unspecified atom stereocenters. The number of nitrogens with zero attached hydrogens (tertiary/aromatic N) is 5. The van der Waals surface area contributed by atoms with Crippen molar-refractivity contribution in [1.82, 2.24) is 24.5 Å². The van der Waals surface area contributed by atoms with Gasteiger partial charge in [-0.05, 0) is 17.5 Å². The fourth-order valence-electron chi connectivity index (χ4n) is 2.64. The van der Waals surface area contributed by atoms with E-state index in [-0.39, 0.29) is 17.9 Å². The predicted molar refractivity (Wildman–Crippen MR) is 90.2 cm³/mol. The first kappa shape index (κ1) is 16.7. The van der Waals surface area contributed by atoms with Gasteiger partial charge >= 0.3 is 0 Å². The molecule has 0 aromatic carbocycles. The van der Waals surface area contributed by atoms with Crippen molar-refractivity contribution in [2.75, 3.05) is 32.1 Å². The summed E-state index contributed by atoms with van der Waals surface area (Å²) in [6, 6.07) is 0. The summed E-state index contributed by atoms with van der Waals surface area (Å²) in [5, 5.41) is 7.11. The van der Waals surface area contributed by atoms with Crippen LogP contribution in [0.25, 0.3) is 0 Å². The van der Waals surface area contributed by atoms with E-state index in [1.165, 1.54) is 0 Å². The van der Waals surface area contributed by atoms with Crippen molar-refractivity contribution < 1.29 is 9.53 Å². The summed E-state index contributed by atoms with van der Waals surface area (Å²) in [7, 11) is 1.79. The van der Waals surface area contributed by atoms with Gasteiger partial charge in [-0.15, -0.1) is 5.10 Å². The summed E-state index contributed by atoms with van der Waals surface area (Å²) in [5.41, 5.74) is 1.47. The first-order valence-corrected chi connectivity index (χ1v) is 8.61. The Morgan fingerprint density at radius 1 is 1.42 bits per heavy atom. The number of nitrogens with one attached hydrogen (secondary N) is 1. The number of rotatable bonds is 4. The van der Waals surface area contributed by atoms with Crippen molar-refractivity contribution in [3.8, 4) is 0 Å². The van der Waals surface area contributed by atoms with Crippen molar-refractivity contribution in [3.05, 3.63) is 28.7 Å². The standard InChI is InChI=1S/C15H20N6O2S/c1-9(2)11-13(24-20-19-11)15(22)21-6-7-23-10(8-21)12-14(16-3)18-5-4-17-12/h4-5,9-10H,6-8H2,1-3H3,(H,16,18). The fourth-order valence-corrected chi connectivity index (χ4v) is 3.43. The van der Waals surface area contributed by atoms with E-state index in [2.05, 4.69) is 24.9 Å². The maximum absolute atomic E-state index is 12.9. The lowest BCUT2D eigenvalue weighted by Gasteiger charge is -2.32. The van der Waals surface area contributed by atoms with Crippen molar-refractivity contribution in [2.45, 2.75) is 25.9 Å². The normalized spacial score (nSPS) is 18.0. The van der Waals surface area contributed by atoms with Gasteiger partial charge in [0.05, 0.1) is 18.8 Å². The molecule has 0 aliphatic carbocycles. The highest BCUT2D eigenvalue weighted by Gasteiger charge is 2.31. The van der Waals surface area contributed by atoms with Crippen molar-refractivity contribution in [3.63, 3.8) is 0 Å². The molecule has 0 saturated carbocycles. The molecule has 9 heteroatoms. The largest absolute Gasteiger partial charge is 0.372 e. The molecule has 3 heterocycles. The second kappa shape index (κ2) is 7.18. The van der Waals surface area contributed by atoms with Gasteiger partial charge in [0.15, 0.2) is 0 Å². The molecule has 2 aromatic rings. The minimum absolute atomic E-state index is 0.0445. The van der Waals surface area contributed by atoms with Crippen LogP contribution in [0.4, 0.5) is 5.82 Å². The quantitative estimate of drug-likeness (QED) is 0.899. The molecule has 24 heavy (non-hydrogen) atoms. The van der Waals surface area contributed by atoms with Gasteiger partial charge in [-0.1, -0.05) is 18.3 Å². The number of carbonyl (C=O) groups is 1. The zero-order chi connectivity index (χ0) is 17.1. The number of anilines is 1. The Bertz CT molecular complexity index is 719. The van der Waals surface area contributed by atoms with E-state index in [1.54, 1.807) is 24.3 Å². The predicted octanol–water partition coefficient (Wildman–Crippen LogP) is 1.71. The Kier molecular flexibility index (Phi) is 5.00. The average molecular weight is 348 g/mol. The van der Waals surface area contributed by atoms with Crippen molar-refractivity contribution in [2.24, 2.45) is 0 Å². The third-order valence-electron chi connectivity index (χ3n) is 3.88. The molecule has 8 nitrogen and oxygen atoms in total. The van der Waals surface area contributed by atoms with Gasteiger partial charge in [-0.2, -0.15) is 0 Å². The first-order valence-electron chi connectivity index (χ1n) is 7.83. The number of hydrogen-bond donors (Lipinski definition) is 1. The lowest BCUT2D eigenvalue weighted by molar-refractivity contribution is -0.0244. The van der Waals surface area contributed by atoms with E-state index in [9.17, 15) is 4.79 Å². The van der Waals surface area contributed by atoms with Crippen molar-refractivity contribution >= 4 is 23.3 Å². The Labute approximate surface area is 144 Å². The van der Waals surface area contributed by atoms with E-state index < -0.39 is 0 Å². The lowest BCUT2D eigenvalue weighted by Crippen LogP contribution is -2.42. The van der Waals surface area contributed by atoms with Crippen LogP contribution >= 0.6 is 11.5 Å². The van der Waals surface area contributed by atoms with Crippen LogP contribution in [0.1, 0.15) is 46.9 Å². The number of amides is 1. The highest BCUT2D eigenvalue weighted by Crippen LogP contribution is 2.27. The van der Waals surface area contributed by atoms with Crippen LogP contribution in [0, 0.1) is 0 Å². The van der Waals surface area contributed by atoms with Gasteiger partial charge < -0.3 is 15.0 Å². The molecule has 2 aromatic heterocycles. The molecule has 1 aliphatic heterocycles. The molecule has 1 aliphatic rings. The average Bonchev–Trinajstić information content (AvgIpc) is 3.11. The van der Waals surface area contributed by atoms with E-state index in [1.807, 2.05) is 13.8 Å². The Balaban J connectivity index is 1.80. The Hall–Kier alpha value is -2.13. The molecular weight excluding hydrogens is 328 g/mol. The van der Waals surface area contributed by atoms with E-state index in [0.717, 1.165) is 17.2 Å². The van der Waals surface area contributed by atoms with Gasteiger partial charge in [0.2, 0.25) is 0 Å². The van der Waals surface area contributed by atoms with Crippen LogP contribution in [-0.2, 0) is 4.74 Å². The van der Waals surface area contributed by atoms with E-state index in [4.69, 9.17) is 4.74 Å². The number of aromatic nitrogens is 4. The zero-order valence-electron chi connectivity index (χ0n) is 13.9. The van der Waals surface area contributed by atoms with Crippen LogP contribution in [-0.4, -0.2) is 57.1 Å². The number of hydrogen-bond acceptors (Lipinski definition) is 8. The van der Waals surface area contributed by atoms with Gasteiger partial charge in [-0.3, -0.25) is 9.78 Å². The molecule has 0 radical (unpaired) electrons. The number of carbonyl (C=O) groups excluding carboxylic acids is 1. The molecule has 1 atom stereocenters. The minimum atomic E-state index is -0.303. The third kappa shape index (κ3) is 3.22. The molecule has 0 spiro atoms. The Morgan fingerprint density at radius 2 is 2.21 bits per heavy atom. The summed E-state index contributed by atoms with van der Waals surface area (Å²) in [5.74, 6) is 0.784. The minimum Gasteiger partial charge on any atom is -0.372 e. The second-order valence-corrected chi connectivity index (χ2v) is 6.55. The van der Waals surface area contributed by atoms with Gasteiger partial charge in [0, 0.05) is 26.0 Å². The SMILES string of the molecule is CNc1nccnc1C1CN(C(=O)c2snnc2C(C)C)CCO1. The molecule has 1 fully saturated rings. The van der Waals surface area contributed by atoms with Gasteiger partial charge in [0.1, 0.15) is 22.5 Å². The highest BCUT2D eigenvalue weighted by atomic mass is 32.1. The molecule has 3 rings (SSSR count). The topological polar surface area (TPSA) is 93.1 Å². The van der Waals surface area contributed by atoms with E-state index >= 15 is 0 Å². The zero-order valence-corrected chi connectivity index (χ0v) is 14.7. The van der Waals surface area contributed by atoms with Gasteiger partial charge in [-0.25, -0.2) is 4.98 Å². The molecular formula is C15H20N6O2S. The fraction of sp³-hybridized carbons (Fsp3) is 0.533. The number of morpholine rings is 1. The third-order valence-corrected chi connectivity index (χ3v) is 4.61. The van der Waals surface area contributed by atoms with Crippen LogP contribution in [0.3, 0.4) is 0 Å². The highest BCUT2D eigenvalue weighted by molar-refractivity contribution is 7.08. The smallest absolute Gasteiger partial charge is 0.267 e. The molecule has 1 N–H and O–H groups in total. The first-order chi connectivity index (χ1) is 11.6. The molecule has 0 bridgehead atoms. The van der Waals surface area contributed by atoms with Crippen LogP contribution < -0.4 is 5.32 Å². The van der Waals surface area contributed by atoms with Crippen LogP contribution in [0.15, 0.2) is 12.4 Å². The number of ether oxygens (including phenoxy) is 1. The summed E-state index contributed by atoms with van der Waals surface area (Å²) < 4.78 is 9.76. The molecule has 128 valence electrons. The van der Waals surface area contributed by atoms with E-state index in [0.29, 0.717) is 36.1 Å². The summed E-state index contributed by atoms with van der Waals surface area (Å²) in [4.78, 5) is 23.9. The molecule has 1 saturated heterocycles. The maximum Gasteiger partial charge on any atom is 0.267 e. The second-order valence-electron chi connectivity index (χ2n) is 5.79. The molecule has 1 amide bonds. The monoisotopic (exact) mass is 348 g/mol. The van der Waals surface area contributed by atoms with Crippen molar-refractivity contribution in [1.29, 1.82) is 0 Å². The Morgan fingerprint density at radius 3 is 2.96 bits per heavy atom. The van der Waals surface area contributed by atoms with Gasteiger partial charge in [0.25, 0.3) is 5.91 Å². The summed E-state index contributed by atoms with van der Waals surface area (Å²) >= 11 is 1.15. The maximum atomic E-state index is 12.9. The lowest BCUT2D eigenvalue weighted by atomic mass is 10.1. The van der Waals surface area contributed by atoms with Crippen LogP contribution in [0.5, 0.6) is 0 Å². The van der Waals surface area contributed by atoms with Crippen LogP contribution in [0.2, 0.25) is 0 Å².